The van der Waals surface area contributed by atoms with Crippen LogP contribution in [0.3, 0.4) is 0 Å². The molecule has 0 radical (unpaired) electrons. The Labute approximate surface area is 239 Å². The summed E-state index contributed by atoms with van der Waals surface area (Å²) in [6.07, 6.45) is 6.25. The molecule has 0 atom stereocenters. The predicted molar refractivity (Wildman–Crippen MR) is 153 cm³/mol. The zero-order valence-corrected chi connectivity index (χ0v) is 25.2. The van der Waals surface area contributed by atoms with E-state index >= 15 is 0 Å². The first-order chi connectivity index (χ1) is 18.7. The van der Waals surface area contributed by atoms with E-state index in [0.717, 1.165) is 24.0 Å². The van der Waals surface area contributed by atoms with Crippen LogP contribution in [-0.2, 0) is 26.9 Å². The first-order valence-corrected chi connectivity index (χ1v) is 16.6. The molecule has 2 fully saturated rings. The van der Waals surface area contributed by atoms with Gasteiger partial charge in [-0.25, -0.2) is 26.1 Å². The molecule has 3 heterocycles. The Morgan fingerprint density at radius 2 is 1.80 bits per heavy atom. The summed E-state index contributed by atoms with van der Waals surface area (Å²) >= 11 is 6.38. The zero-order chi connectivity index (χ0) is 29.0. The van der Waals surface area contributed by atoms with Gasteiger partial charge in [0, 0.05) is 32.3 Å². The lowest BCUT2D eigenvalue weighted by molar-refractivity contribution is 0.263. The molecule has 1 aliphatic heterocycles. The maximum Gasteiger partial charge on any atom is 0.229 e. The number of sulfone groups is 1. The molecule has 5 rings (SSSR count). The first-order valence-electron chi connectivity index (χ1n) is 12.8. The molecule has 40 heavy (non-hydrogen) atoms. The number of rotatable bonds is 10. The van der Waals surface area contributed by atoms with Gasteiger partial charge in [-0.1, -0.05) is 11.6 Å². The molecule has 0 bridgehead atoms. The predicted octanol–water partition coefficient (Wildman–Crippen LogP) is 3.74. The van der Waals surface area contributed by atoms with Crippen LogP contribution < -0.4 is 15.4 Å². The van der Waals surface area contributed by atoms with Crippen molar-refractivity contribution >= 4 is 54.6 Å². The number of hydrogen-bond acceptors (Lipinski definition) is 10. The Kier molecular flexibility index (Phi) is 7.48. The minimum absolute atomic E-state index is 0.0868. The fourth-order valence-corrected chi connectivity index (χ4v) is 6.50. The fraction of sp³-hybridized carbons (Fsp3) is 0.480. The molecule has 0 spiro atoms. The van der Waals surface area contributed by atoms with E-state index in [4.69, 9.17) is 16.3 Å². The average molecular weight is 610 g/mol. The second-order valence-corrected chi connectivity index (χ2v) is 15.4. The first kappa shape index (κ1) is 28.6. The van der Waals surface area contributed by atoms with Crippen LogP contribution in [0.4, 0.5) is 23.1 Å². The van der Waals surface area contributed by atoms with Crippen LogP contribution in [0, 0.1) is 6.92 Å². The summed E-state index contributed by atoms with van der Waals surface area (Å²) in [7, 11) is -5.24. The molecule has 2 aliphatic rings. The Morgan fingerprint density at radius 3 is 2.42 bits per heavy atom. The zero-order valence-electron chi connectivity index (χ0n) is 22.8. The molecule has 216 valence electrons. The molecule has 1 aromatic carbocycles. The molecule has 12 nitrogen and oxygen atoms in total. The highest BCUT2D eigenvalue weighted by atomic mass is 35.5. The molecule has 2 N–H and O–H groups in total. The van der Waals surface area contributed by atoms with E-state index in [2.05, 4.69) is 25.7 Å². The largest absolute Gasteiger partial charge is 0.488 e. The number of aromatic nitrogens is 4. The lowest BCUT2D eigenvalue weighted by Crippen LogP contribution is -2.48. The number of hydrogen-bond donors (Lipinski definition) is 2. The summed E-state index contributed by atoms with van der Waals surface area (Å²) in [6, 6.07) is 3.91. The maximum atomic E-state index is 12.8. The molecular weight excluding hydrogens is 578 g/mol. The molecule has 1 saturated heterocycles. The second-order valence-electron chi connectivity index (χ2n) is 10.6. The van der Waals surface area contributed by atoms with Crippen molar-refractivity contribution in [2.24, 2.45) is 7.05 Å². The number of ether oxygens (including phenoxy) is 1. The molecule has 0 unspecified atom stereocenters. The van der Waals surface area contributed by atoms with Gasteiger partial charge in [0.1, 0.15) is 10.8 Å². The summed E-state index contributed by atoms with van der Waals surface area (Å²) in [5.41, 5.74) is 2.93. The molecular formula is C25H32ClN7O5S2. The normalized spacial score (nSPS) is 16.7. The van der Waals surface area contributed by atoms with E-state index in [-0.39, 0.29) is 39.5 Å². The van der Waals surface area contributed by atoms with Crippen LogP contribution in [0.1, 0.15) is 43.7 Å². The van der Waals surface area contributed by atoms with E-state index in [1.165, 1.54) is 21.4 Å². The number of nitrogens with one attached hydrogen (secondary N) is 2. The van der Waals surface area contributed by atoms with Crippen molar-refractivity contribution in [3.63, 3.8) is 0 Å². The van der Waals surface area contributed by atoms with Gasteiger partial charge in [0.15, 0.2) is 5.82 Å². The number of nitrogens with zero attached hydrogens (tertiary/aromatic N) is 5. The van der Waals surface area contributed by atoms with Crippen LogP contribution in [0.5, 0.6) is 5.75 Å². The highest BCUT2D eigenvalue weighted by Crippen LogP contribution is 2.40. The molecule has 15 heteroatoms. The SMILES string of the molecule is Cc1cc(Nc2ncc(Cl)c(Nc3cn(C)nc3S(=O)(=O)C(C)C)n2)c(OC2CC2)cc1C1CN(S(C)(=O)=O)C1. The van der Waals surface area contributed by atoms with E-state index < -0.39 is 25.1 Å². The van der Waals surface area contributed by atoms with E-state index in [9.17, 15) is 16.8 Å². The van der Waals surface area contributed by atoms with E-state index in [1.807, 2.05) is 19.1 Å². The van der Waals surface area contributed by atoms with Crippen LogP contribution in [0.15, 0.2) is 29.6 Å². The van der Waals surface area contributed by atoms with Gasteiger partial charge in [-0.15, -0.1) is 0 Å². The Morgan fingerprint density at radius 1 is 1.10 bits per heavy atom. The van der Waals surface area contributed by atoms with Crippen LogP contribution in [0.25, 0.3) is 0 Å². The standard InChI is InChI=1S/C25H32ClN7O5S2/c1-14(2)40(36,37)24-21(13-32(4)31-24)28-23-19(26)10-27-25(30-23)29-20-8-15(3)18(9-22(20)38-17-6-7-17)16-11-33(12-16)39(5,34)35/h8-10,13-14,16-17H,6-7,11-12H2,1-5H3,(H2,27,28,29,30). The van der Waals surface area contributed by atoms with Gasteiger partial charge in [0.2, 0.25) is 30.8 Å². The van der Waals surface area contributed by atoms with Crippen molar-refractivity contribution in [1.29, 1.82) is 0 Å². The van der Waals surface area contributed by atoms with Gasteiger partial charge in [0.25, 0.3) is 0 Å². The smallest absolute Gasteiger partial charge is 0.229 e. The van der Waals surface area contributed by atoms with Crippen molar-refractivity contribution in [3.05, 3.63) is 40.7 Å². The van der Waals surface area contributed by atoms with Crippen molar-refractivity contribution in [1.82, 2.24) is 24.1 Å². The molecule has 1 saturated carbocycles. The number of anilines is 4. The monoisotopic (exact) mass is 609 g/mol. The highest BCUT2D eigenvalue weighted by molar-refractivity contribution is 7.92. The van der Waals surface area contributed by atoms with Crippen LogP contribution in [-0.4, -0.2) is 71.6 Å². The third-order valence-electron chi connectivity index (χ3n) is 6.87. The summed E-state index contributed by atoms with van der Waals surface area (Å²) in [5.74, 6) is 1.15. The summed E-state index contributed by atoms with van der Waals surface area (Å²) in [5, 5.41) is 9.80. The Bertz CT molecular complexity index is 1660. The average Bonchev–Trinajstić information content (AvgIpc) is 3.56. The minimum Gasteiger partial charge on any atom is -0.488 e. The molecule has 2 aromatic heterocycles. The number of halogens is 1. The van der Waals surface area contributed by atoms with Crippen LogP contribution >= 0.6 is 11.6 Å². The Balaban J connectivity index is 1.42. The Hall–Kier alpha value is -2.94. The second kappa shape index (κ2) is 10.5. The maximum absolute atomic E-state index is 12.8. The molecule has 0 amide bonds. The number of sulfonamides is 1. The lowest BCUT2D eigenvalue weighted by Gasteiger charge is -2.38. The van der Waals surface area contributed by atoms with Gasteiger partial charge >= 0.3 is 0 Å². The summed E-state index contributed by atoms with van der Waals surface area (Å²) in [4.78, 5) is 8.81. The van der Waals surface area contributed by atoms with Crippen molar-refractivity contribution in [2.75, 3.05) is 30.0 Å². The topological polar surface area (TPSA) is 148 Å². The van der Waals surface area contributed by atoms with E-state index in [0.29, 0.717) is 24.5 Å². The van der Waals surface area contributed by atoms with Gasteiger partial charge in [0.05, 0.1) is 35.2 Å². The quantitative estimate of drug-likeness (QED) is 0.348. The van der Waals surface area contributed by atoms with Crippen LogP contribution in [0.2, 0.25) is 5.02 Å². The third-order valence-corrected chi connectivity index (χ3v) is 10.5. The number of benzene rings is 1. The van der Waals surface area contributed by atoms with Gasteiger partial charge in [-0.3, -0.25) is 4.68 Å². The van der Waals surface area contributed by atoms with Crippen molar-refractivity contribution in [3.8, 4) is 5.75 Å². The highest BCUT2D eigenvalue weighted by Gasteiger charge is 2.36. The van der Waals surface area contributed by atoms with E-state index in [1.54, 1.807) is 27.1 Å². The number of aryl methyl sites for hydroxylation is 2. The lowest BCUT2D eigenvalue weighted by atomic mass is 9.89. The summed E-state index contributed by atoms with van der Waals surface area (Å²) < 4.78 is 58.4. The van der Waals surface area contributed by atoms with Gasteiger partial charge < -0.3 is 15.4 Å². The third kappa shape index (κ3) is 5.90. The molecule has 1 aliphatic carbocycles. The summed E-state index contributed by atoms with van der Waals surface area (Å²) in [6.45, 7) is 6.03. The van der Waals surface area contributed by atoms with Crippen molar-refractivity contribution in [2.45, 2.75) is 55.9 Å². The van der Waals surface area contributed by atoms with Gasteiger partial charge in [-0.05, 0) is 56.9 Å². The van der Waals surface area contributed by atoms with Crippen molar-refractivity contribution < 1.29 is 21.6 Å². The molecule has 3 aromatic rings. The van der Waals surface area contributed by atoms with Gasteiger partial charge in [-0.2, -0.15) is 10.1 Å². The fourth-order valence-electron chi connectivity index (χ4n) is 4.36. The minimum atomic E-state index is -3.66.